The molecular formula is C27H21N3O2S. The van der Waals surface area contributed by atoms with E-state index < -0.39 is 0 Å². The summed E-state index contributed by atoms with van der Waals surface area (Å²) in [5, 5.41) is 0. The predicted octanol–water partition coefficient (Wildman–Crippen LogP) is 3.72. The van der Waals surface area contributed by atoms with Gasteiger partial charge in [0.15, 0.2) is 4.80 Å². The molecule has 5 nitrogen and oxygen atoms in total. The van der Waals surface area contributed by atoms with E-state index in [-0.39, 0.29) is 11.6 Å². The minimum Gasteiger partial charge on any atom is -0.497 e. The SMILES string of the molecule is COc1ccc([C@H]2C3=C(N=c4s/c(=C\c5cccnc5)c(=O)n42)c2ccccc2CC3)cc1. The van der Waals surface area contributed by atoms with Gasteiger partial charge in [-0.25, -0.2) is 4.99 Å². The molecule has 2 aromatic carbocycles. The number of methoxy groups -OCH3 is 1. The fraction of sp³-hybridized carbons (Fsp3) is 0.148. The molecule has 0 N–H and O–H groups in total. The number of rotatable bonds is 3. The van der Waals surface area contributed by atoms with Crippen LogP contribution in [0.15, 0.2) is 88.4 Å². The molecule has 2 aliphatic rings. The van der Waals surface area contributed by atoms with Crippen LogP contribution in [-0.4, -0.2) is 16.7 Å². The minimum absolute atomic E-state index is 0.0196. The quantitative estimate of drug-likeness (QED) is 0.477. The average molecular weight is 452 g/mol. The maximum atomic E-state index is 13.7. The molecule has 0 saturated carbocycles. The molecule has 6 heteroatoms. The van der Waals surface area contributed by atoms with E-state index in [0.29, 0.717) is 4.53 Å². The van der Waals surface area contributed by atoms with Crippen molar-refractivity contribution < 1.29 is 4.74 Å². The molecule has 0 fully saturated rings. The summed E-state index contributed by atoms with van der Waals surface area (Å²) in [7, 11) is 1.66. The highest BCUT2D eigenvalue weighted by atomic mass is 32.1. The molecule has 0 spiro atoms. The Labute approximate surface area is 194 Å². The van der Waals surface area contributed by atoms with Gasteiger partial charge < -0.3 is 4.74 Å². The molecule has 33 heavy (non-hydrogen) atoms. The largest absolute Gasteiger partial charge is 0.497 e. The van der Waals surface area contributed by atoms with Crippen LogP contribution in [-0.2, 0) is 6.42 Å². The Hall–Kier alpha value is -3.77. The first kappa shape index (κ1) is 19.9. The summed E-state index contributed by atoms with van der Waals surface area (Å²) in [6.45, 7) is 0. The number of aryl methyl sites for hydroxylation is 1. The number of pyridine rings is 1. The maximum absolute atomic E-state index is 13.7. The molecule has 0 radical (unpaired) electrons. The first-order valence-electron chi connectivity index (χ1n) is 10.9. The Morgan fingerprint density at radius 2 is 1.91 bits per heavy atom. The summed E-state index contributed by atoms with van der Waals surface area (Å²) in [5.74, 6) is 0.797. The average Bonchev–Trinajstić information content (AvgIpc) is 3.18. The van der Waals surface area contributed by atoms with E-state index in [0.717, 1.165) is 40.2 Å². The summed E-state index contributed by atoms with van der Waals surface area (Å²) in [6, 6.07) is 20.1. The van der Waals surface area contributed by atoms with Gasteiger partial charge in [0.25, 0.3) is 5.56 Å². The third kappa shape index (κ3) is 3.34. The molecule has 3 heterocycles. The van der Waals surface area contributed by atoms with E-state index in [1.807, 2.05) is 34.9 Å². The highest BCUT2D eigenvalue weighted by molar-refractivity contribution is 7.07. The number of allylic oxidation sites excluding steroid dienone is 1. The number of benzene rings is 2. The van der Waals surface area contributed by atoms with Gasteiger partial charge in [-0.05, 0) is 59.4 Å². The molecule has 0 bridgehead atoms. The van der Waals surface area contributed by atoms with Crippen molar-refractivity contribution in [2.75, 3.05) is 7.11 Å². The number of ether oxygens (including phenoxy) is 1. The lowest BCUT2D eigenvalue weighted by Crippen LogP contribution is -2.38. The van der Waals surface area contributed by atoms with Crippen molar-refractivity contribution in [2.24, 2.45) is 4.99 Å². The van der Waals surface area contributed by atoms with Crippen molar-refractivity contribution in [3.8, 4) is 5.75 Å². The van der Waals surface area contributed by atoms with Gasteiger partial charge in [0.05, 0.1) is 23.4 Å². The lowest BCUT2D eigenvalue weighted by molar-refractivity contribution is 0.414. The van der Waals surface area contributed by atoms with Gasteiger partial charge in [0, 0.05) is 18.0 Å². The normalized spacial score (nSPS) is 17.1. The molecule has 2 aromatic heterocycles. The summed E-state index contributed by atoms with van der Waals surface area (Å²) in [6.07, 6.45) is 7.21. The molecule has 0 unspecified atom stereocenters. The van der Waals surface area contributed by atoms with Crippen molar-refractivity contribution in [1.29, 1.82) is 0 Å². The number of aromatic nitrogens is 2. The number of fused-ring (bicyclic) bond motifs is 3. The van der Waals surface area contributed by atoms with Crippen LogP contribution in [0.2, 0.25) is 0 Å². The monoisotopic (exact) mass is 451 g/mol. The van der Waals surface area contributed by atoms with E-state index >= 15 is 0 Å². The molecular weight excluding hydrogens is 430 g/mol. The molecule has 0 saturated heterocycles. The fourth-order valence-corrected chi connectivity index (χ4v) is 5.72. The standard InChI is InChI=1S/C27H21N3O2S/c1-32-20-11-8-19(9-12-20)25-22-13-10-18-6-2-3-7-21(18)24(22)29-27-30(25)26(31)23(33-27)15-17-5-4-14-28-16-17/h2-9,11-12,14-16,25H,10,13H2,1H3/b23-15-/t25-/m0/s1. The Balaban J connectivity index is 1.62. The fourth-order valence-electron chi connectivity index (χ4n) is 4.72. The first-order chi connectivity index (χ1) is 16.2. The predicted molar refractivity (Wildman–Crippen MR) is 130 cm³/mol. The van der Waals surface area contributed by atoms with Crippen LogP contribution in [0.1, 0.15) is 34.7 Å². The van der Waals surface area contributed by atoms with Gasteiger partial charge in [0.1, 0.15) is 5.75 Å². The Kier molecular flexibility index (Phi) is 4.80. The van der Waals surface area contributed by atoms with Crippen LogP contribution in [0.25, 0.3) is 11.8 Å². The molecule has 0 amide bonds. The van der Waals surface area contributed by atoms with E-state index in [1.54, 1.807) is 19.5 Å². The third-order valence-corrected chi connectivity index (χ3v) is 7.27. The van der Waals surface area contributed by atoms with Gasteiger partial charge in [-0.15, -0.1) is 0 Å². The summed E-state index contributed by atoms with van der Waals surface area (Å²) in [4.78, 5) is 23.6. The van der Waals surface area contributed by atoms with Gasteiger partial charge in [-0.3, -0.25) is 14.3 Å². The molecule has 4 aromatic rings. The topological polar surface area (TPSA) is 56.5 Å². The second-order valence-electron chi connectivity index (χ2n) is 8.17. The first-order valence-corrected chi connectivity index (χ1v) is 11.7. The number of nitrogens with zero attached hydrogens (tertiary/aromatic N) is 3. The lowest BCUT2D eigenvalue weighted by Gasteiger charge is -2.30. The van der Waals surface area contributed by atoms with E-state index in [9.17, 15) is 4.79 Å². The second-order valence-corrected chi connectivity index (χ2v) is 9.18. The van der Waals surface area contributed by atoms with Crippen LogP contribution >= 0.6 is 11.3 Å². The molecule has 1 aliphatic carbocycles. The summed E-state index contributed by atoms with van der Waals surface area (Å²) in [5.41, 5.74) is 6.62. The number of hydrogen-bond donors (Lipinski definition) is 0. The molecule has 6 rings (SSSR count). The van der Waals surface area contributed by atoms with Gasteiger partial charge in [0.2, 0.25) is 0 Å². The van der Waals surface area contributed by atoms with Gasteiger partial charge in [-0.1, -0.05) is 53.8 Å². The van der Waals surface area contributed by atoms with E-state index in [1.165, 1.54) is 28.0 Å². The third-order valence-electron chi connectivity index (χ3n) is 6.29. The highest BCUT2D eigenvalue weighted by Gasteiger charge is 2.32. The van der Waals surface area contributed by atoms with Gasteiger partial charge >= 0.3 is 0 Å². The zero-order valence-electron chi connectivity index (χ0n) is 18.1. The van der Waals surface area contributed by atoms with Crippen molar-refractivity contribution in [1.82, 2.24) is 9.55 Å². The Morgan fingerprint density at radius 1 is 1.06 bits per heavy atom. The highest BCUT2D eigenvalue weighted by Crippen LogP contribution is 2.41. The minimum atomic E-state index is -0.188. The van der Waals surface area contributed by atoms with Crippen molar-refractivity contribution in [3.63, 3.8) is 0 Å². The van der Waals surface area contributed by atoms with Crippen LogP contribution in [0, 0.1) is 0 Å². The van der Waals surface area contributed by atoms with Crippen molar-refractivity contribution >= 4 is 23.1 Å². The molecule has 1 aliphatic heterocycles. The summed E-state index contributed by atoms with van der Waals surface area (Å²) >= 11 is 1.43. The number of hydrogen-bond acceptors (Lipinski definition) is 5. The zero-order chi connectivity index (χ0) is 22.4. The second kappa shape index (κ2) is 7.98. The smallest absolute Gasteiger partial charge is 0.271 e. The van der Waals surface area contributed by atoms with Crippen LogP contribution in [0.3, 0.4) is 0 Å². The van der Waals surface area contributed by atoms with Gasteiger partial charge in [-0.2, -0.15) is 0 Å². The number of thiazole rings is 1. The van der Waals surface area contributed by atoms with Crippen LogP contribution in [0.4, 0.5) is 0 Å². The summed E-state index contributed by atoms with van der Waals surface area (Å²) < 4.78 is 7.89. The van der Waals surface area contributed by atoms with Crippen molar-refractivity contribution in [3.05, 3.63) is 121 Å². The lowest BCUT2D eigenvalue weighted by atomic mass is 9.83. The van der Waals surface area contributed by atoms with E-state index in [4.69, 9.17) is 9.73 Å². The Bertz CT molecular complexity index is 1560. The molecule has 162 valence electrons. The van der Waals surface area contributed by atoms with Crippen LogP contribution in [0.5, 0.6) is 5.75 Å². The zero-order valence-corrected chi connectivity index (χ0v) is 18.9. The van der Waals surface area contributed by atoms with E-state index in [2.05, 4.69) is 41.4 Å². The molecule has 1 atom stereocenters. The Morgan fingerprint density at radius 3 is 2.70 bits per heavy atom. The van der Waals surface area contributed by atoms with Crippen molar-refractivity contribution in [2.45, 2.75) is 18.9 Å². The van der Waals surface area contributed by atoms with Crippen LogP contribution < -0.4 is 19.6 Å². The maximum Gasteiger partial charge on any atom is 0.271 e.